The van der Waals surface area contributed by atoms with Crippen LogP contribution < -0.4 is 20.1 Å². The van der Waals surface area contributed by atoms with Crippen molar-refractivity contribution in [1.29, 1.82) is 0 Å². The maximum atomic E-state index is 12.4. The van der Waals surface area contributed by atoms with Crippen molar-refractivity contribution < 1.29 is 14.3 Å². The second-order valence-corrected chi connectivity index (χ2v) is 6.38. The Bertz CT molecular complexity index is 1000. The SMILES string of the molecule is Cc1ccc(C(=O)Nc2ccc(Nc3ccc4c(c3)OCO4)cn2)cc1C. The lowest BCUT2D eigenvalue weighted by molar-refractivity contribution is 0.102. The molecule has 2 heterocycles. The van der Waals surface area contributed by atoms with Crippen LogP contribution in [0.5, 0.6) is 11.5 Å². The number of benzene rings is 2. The van der Waals surface area contributed by atoms with Crippen LogP contribution in [0.1, 0.15) is 21.5 Å². The van der Waals surface area contributed by atoms with E-state index in [0.717, 1.165) is 28.3 Å². The maximum Gasteiger partial charge on any atom is 0.256 e. The average molecular weight is 361 g/mol. The van der Waals surface area contributed by atoms with Crippen LogP contribution in [-0.4, -0.2) is 17.7 Å². The molecule has 6 heteroatoms. The number of nitrogens with one attached hydrogen (secondary N) is 2. The van der Waals surface area contributed by atoms with Gasteiger partial charge in [-0.2, -0.15) is 0 Å². The first-order valence-electron chi connectivity index (χ1n) is 8.60. The fraction of sp³-hybridized carbons (Fsp3) is 0.143. The lowest BCUT2D eigenvalue weighted by Gasteiger charge is -2.09. The molecule has 0 fully saturated rings. The van der Waals surface area contributed by atoms with Gasteiger partial charge < -0.3 is 20.1 Å². The van der Waals surface area contributed by atoms with Gasteiger partial charge in [-0.15, -0.1) is 0 Å². The van der Waals surface area contributed by atoms with Gasteiger partial charge in [-0.25, -0.2) is 4.98 Å². The first kappa shape index (κ1) is 16.9. The number of hydrogen-bond acceptors (Lipinski definition) is 5. The Morgan fingerprint density at radius 1 is 0.926 bits per heavy atom. The summed E-state index contributed by atoms with van der Waals surface area (Å²) >= 11 is 0. The molecule has 1 aliphatic heterocycles. The molecular formula is C21H19N3O3. The average Bonchev–Trinajstić information content (AvgIpc) is 3.13. The van der Waals surface area contributed by atoms with Crippen LogP contribution in [0.3, 0.4) is 0 Å². The van der Waals surface area contributed by atoms with E-state index in [1.54, 1.807) is 12.3 Å². The molecule has 0 bridgehead atoms. The molecule has 1 amide bonds. The number of ether oxygens (including phenoxy) is 2. The van der Waals surface area contributed by atoms with Crippen molar-refractivity contribution in [2.75, 3.05) is 17.4 Å². The second-order valence-electron chi connectivity index (χ2n) is 6.38. The number of aromatic nitrogens is 1. The van der Waals surface area contributed by atoms with Crippen LogP contribution in [0.4, 0.5) is 17.2 Å². The van der Waals surface area contributed by atoms with Gasteiger partial charge in [0, 0.05) is 17.3 Å². The molecule has 27 heavy (non-hydrogen) atoms. The molecule has 136 valence electrons. The highest BCUT2D eigenvalue weighted by atomic mass is 16.7. The van der Waals surface area contributed by atoms with Gasteiger partial charge >= 0.3 is 0 Å². The van der Waals surface area contributed by atoms with Crippen molar-refractivity contribution in [3.8, 4) is 11.5 Å². The van der Waals surface area contributed by atoms with E-state index in [1.807, 2.05) is 56.3 Å². The molecule has 1 aliphatic rings. The zero-order chi connectivity index (χ0) is 18.8. The Labute approximate surface area is 157 Å². The minimum atomic E-state index is -0.179. The molecule has 6 nitrogen and oxygen atoms in total. The van der Waals surface area contributed by atoms with Crippen LogP contribution >= 0.6 is 0 Å². The number of nitrogens with zero attached hydrogens (tertiary/aromatic N) is 1. The number of amides is 1. The normalized spacial score (nSPS) is 11.9. The number of carbonyl (C=O) groups excluding carboxylic acids is 1. The summed E-state index contributed by atoms with van der Waals surface area (Å²) in [5, 5.41) is 6.06. The summed E-state index contributed by atoms with van der Waals surface area (Å²) in [5.74, 6) is 1.77. The van der Waals surface area contributed by atoms with Gasteiger partial charge in [0.15, 0.2) is 11.5 Å². The number of fused-ring (bicyclic) bond motifs is 1. The standard InChI is InChI=1S/C21H19N3O3/c1-13-3-4-15(9-14(13)2)21(25)24-20-8-6-17(11-22-20)23-16-5-7-18-19(10-16)27-12-26-18/h3-11,23H,12H2,1-2H3,(H,22,24,25). The Kier molecular flexibility index (Phi) is 4.38. The molecule has 0 spiro atoms. The van der Waals surface area contributed by atoms with Crippen LogP contribution in [0.25, 0.3) is 0 Å². The monoisotopic (exact) mass is 361 g/mol. The fourth-order valence-corrected chi connectivity index (χ4v) is 2.75. The van der Waals surface area contributed by atoms with E-state index >= 15 is 0 Å². The number of aryl methyl sites for hydroxylation is 2. The molecule has 0 aliphatic carbocycles. The Morgan fingerprint density at radius 2 is 1.74 bits per heavy atom. The number of pyridine rings is 1. The second kappa shape index (κ2) is 6.99. The lowest BCUT2D eigenvalue weighted by Crippen LogP contribution is -2.13. The molecular weight excluding hydrogens is 342 g/mol. The third kappa shape index (κ3) is 3.69. The molecule has 0 unspecified atom stereocenters. The van der Waals surface area contributed by atoms with Crippen molar-refractivity contribution in [3.05, 3.63) is 71.4 Å². The zero-order valence-electron chi connectivity index (χ0n) is 15.1. The predicted octanol–water partition coefficient (Wildman–Crippen LogP) is 4.42. The minimum absolute atomic E-state index is 0.179. The summed E-state index contributed by atoms with van der Waals surface area (Å²) in [4.78, 5) is 16.7. The van der Waals surface area contributed by atoms with Gasteiger partial charge in [-0.05, 0) is 61.4 Å². The summed E-state index contributed by atoms with van der Waals surface area (Å²) in [6.45, 7) is 4.25. The van der Waals surface area contributed by atoms with Crippen LogP contribution in [-0.2, 0) is 0 Å². The largest absolute Gasteiger partial charge is 0.454 e. The third-order valence-corrected chi connectivity index (χ3v) is 4.44. The molecule has 4 rings (SSSR count). The van der Waals surface area contributed by atoms with E-state index < -0.39 is 0 Å². The third-order valence-electron chi connectivity index (χ3n) is 4.44. The van der Waals surface area contributed by atoms with Crippen LogP contribution in [0.15, 0.2) is 54.7 Å². The molecule has 0 saturated heterocycles. The van der Waals surface area contributed by atoms with E-state index in [-0.39, 0.29) is 12.7 Å². The first-order chi connectivity index (χ1) is 13.1. The Balaban J connectivity index is 1.42. The number of rotatable bonds is 4. The lowest BCUT2D eigenvalue weighted by atomic mass is 10.1. The van der Waals surface area contributed by atoms with E-state index in [0.29, 0.717) is 17.1 Å². The minimum Gasteiger partial charge on any atom is -0.454 e. The molecule has 0 saturated carbocycles. The quantitative estimate of drug-likeness (QED) is 0.719. The van der Waals surface area contributed by atoms with Crippen molar-refractivity contribution in [1.82, 2.24) is 4.98 Å². The summed E-state index contributed by atoms with van der Waals surface area (Å²) in [6.07, 6.45) is 1.67. The van der Waals surface area contributed by atoms with E-state index in [4.69, 9.17) is 9.47 Å². The highest BCUT2D eigenvalue weighted by Gasteiger charge is 2.13. The number of carbonyl (C=O) groups is 1. The maximum absolute atomic E-state index is 12.4. The van der Waals surface area contributed by atoms with Gasteiger partial charge in [0.25, 0.3) is 5.91 Å². The highest BCUT2D eigenvalue weighted by molar-refractivity contribution is 6.03. The van der Waals surface area contributed by atoms with Crippen molar-refractivity contribution in [2.45, 2.75) is 13.8 Å². The van der Waals surface area contributed by atoms with Crippen molar-refractivity contribution in [2.24, 2.45) is 0 Å². The highest BCUT2D eigenvalue weighted by Crippen LogP contribution is 2.35. The van der Waals surface area contributed by atoms with E-state index in [1.165, 1.54) is 0 Å². The molecule has 2 N–H and O–H groups in total. The van der Waals surface area contributed by atoms with Crippen molar-refractivity contribution in [3.63, 3.8) is 0 Å². The van der Waals surface area contributed by atoms with E-state index in [9.17, 15) is 4.79 Å². The fourth-order valence-electron chi connectivity index (χ4n) is 2.75. The molecule has 0 radical (unpaired) electrons. The zero-order valence-corrected chi connectivity index (χ0v) is 15.1. The Hall–Kier alpha value is -3.54. The van der Waals surface area contributed by atoms with Gasteiger partial charge in [0.05, 0.1) is 11.9 Å². The summed E-state index contributed by atoms with van der Waals surface area (Å²) < 4.78 is 10.7. The van der Waals surface area contributed by atoms with Gasteiger partial charge in [-0.1, -0.05) is 6.07 Å². The van der Waals surface area contributed by atoms with Crippen molar-refractivity contribution >= 4 is 23.1 Å². The molecule has 0 atom stereocenters. The first-order valence-corrected chi connectivity index (χ1v) is 8.60. The molecule has 3 aromatic rings. The summed E-state index contributed by atoms with van der Waals surface area (Å²) in [5.41, 5.74) is 4.52. The topological polar surface area (TPSA) is 72.5 Å². The number of hydrogen-bond donors (Lipinski definition) is 2. The van der Waals surface area contributed by atoms with Crippen LogP contribution in [0.2, 0.25) is 0 Å². The molecule has 2 aromatic carbocycles. The predicted molar refractivity (Wildman–Crippen MR) is 104 cm³/mol. The summed E-state index contributed by atoms with van der Waals surface area (Å²) in [7, 11) is 0. The number of anilines is 3. The van der Waals surface area contributed by atoms with Gasteiger partial charge in [0.1, 0.15) is 5.82 Å². The van der Waals surface area contributed by atoms with E-state index in [2.05, 4.69) is 15.6 Å². The van der Waals surface area contributed by atoms with Gasteiger partial charge in [-0.3, -0.25) is 4.79 Å². The Morgan fingerprint density at radius 3 is 2.52 bits per heavy atom. The van der Waals surface area contributed by atoms with Gasteiger partial charge in [0.2, 0.25) is 6.79 Å². The smallest absolute Gasteiger partial charge is 0.256 e. The summed E-state index contributed by atoms with van der Waals surface area (Å²) in [6, 6.07) is 14.9. The molecule has 1 aromatic heterocycles. The van der Waals surface area contributed by atoms with Crippen LogP contribution in [0, 0.1) is 13.8 Å².